The zero-order chi connectivity index (χ0) is 11.3. The van der Waals surface area contributed by atoms with E-state index < -0.39 is 6.10 Å². The van der Waals surface area contributed by atoms with Crippen molar-refractivity contribution in [2.24, 2.45) is 0 Å². The second kappa shape index (κ2) is 5.43. The van der Waals surface area contributed by atoms with Gasteiger partial charge in [-0.15, -0.1) is 0 Å². The summed E-state index contributed by atoms with van der Waals surface area (Å²) in [7, 11) is 1.55. The van der Waals surface area contributed by atoms with Gasteiger partial charge in [0, 0.05) is 6.07 Å². The molecule has 0 saturated carbocycles. The predicted octanol–water partition coefficient (Wildman–Crippen LogP) is 0.00940. The number of aliphatic hydroxyl groups is 2. The standard InChI is InChI=1S/C10H15NO4/c1-14-8-2-3-10(9(11)4-8)15-6-7(13)5-12/h2-4,7,12-13H,5-6,11H2,1H3. The van der Waals surface area contributed by atoms with E-state index in [0.717, 1.165) is 0 Å². The predicted molar refractivity (Wildman–Crippen MR) is 56.0 cm³/mol. The number of hydrogen-bond donors (Lipinski definition) is 3. The molecule has 0 amide bonds. The van der Waals surface area contributed by atoms with E-state index in [1.165, 1.54) is 0 Å². The molecule has 5 nitrogen and oxygen atoms in total. The molecule has 1 atom stereocenters. The topological polar surface area (TPSA) is 84.9 Å². The third-order valence-electron chi connectivity index (χ3n) is 1.86. The lowest BCUT2D eigenvalue weighted by Crippen LogP contribution is -2.21. The Hall–Kier alpha value is -1.46. The summed E-state index contributed by atoms with van der Waals surface area (Å²) in [6, 6.07) is 4.98. The van der Waals surface area contributed by atoms with Crippen molar-refractivity contribution < 1.29 is 19.7 Å². The molecule has 0 fully saturated rings. The van der Waals surface area contributed by atoms with E-state index in [-0.39, 0.29) is 13.2 Å². The molecule has 5 heteroatoms. The molecule has 0 aromatic heterocycles. The molecule has 0 spiro atoms. The van der Waals surface area contributed by atoms with Gasteiger partial charge in [-0.1, -0.05) is 0 Å². The van der Waals surface area contributed by atoms with Gasteiger partial charge in [-0.3, -0.25) is 0 Å². The van der Waals surface area contributed by atoms with Crippen molar-refractivity contribution in [3.63, 3.8) is 0 Å². The van der Waals surface area contributed by atoms with E-state index >= 15 is 0 Å². The molecule has 1 aromatic rings. The molecule has 1 aromatic carbocycles. The van der Waals surface area contributed by atoms with Gasteiger partial charge < -0.3 is 25.4 Å². The first-order valence-electron chi connectivity index (χ1n) is 4.52. The average Bonchev–Trinajstić information content (AvgIpc) is 2.26. The summed E-state index contributed by atoms with van der Waals surface area (Å²) in [5.41, 5.74) is 6.11. The minimum atomic E-state index is -0.897. The van der Waals surface area contributed by atoms with Crippen molar-refractivity contribution in [1.82, 2.24) is 0 Å². The summed E-state index contributed by atoms with van der Waals surface area (Å²) in [5, 5.41) is 17.7. The number of rotatable bonds is 5. The smallest absolute Gasteiger partial charge is 0.142 e. The van der Waals surface area contributed by atoms with Crippen LogP contribution in [0.4, 0.5) is 5.69 Å². The highest BCUT2D eigenvalue weighted by molar-refractivity contribution is 5.56. The minimum absolute atomic E-state index is 0.00697. The van der Waals surface area contributed by atoms with Crippen molar-refractivity contribution in [1.29, 1.82) is 0 Å². The van der Waals surface area contributed by atoms with Crippen molar-refractivity contribution in [3.05, 3.63) is 18.2 Å². The van der Waals surface area contributed by atoms with Gasteiger partial charge in [-0.2, -0.15) is 0 Å². The van der Waals surface area contributed by atoms with Crippen LogP contribution in [0.15, 0.2) is 18.2 Å². The number of benzene rings is 1. The average molecular weight is 213 g/mol. The van der Waals surface area contributed by atoms with Crippen LogP contribution in [0, 0.1) is 0 Å². The second-order valence-electron chi connectivity index (χ2n) is 3.05. The van der Waals surface area contributed by atoms with Gasteiger partial charge in [0.2, 0.25) is 0 Å². The van der Waals surface area contributed by atoms with Gasteiger partial charge in [0.05, 0.1) is 19.4 Å². The summed E-state index contributed by atoms with van der Waals surface area (Å²) >= 11 is 0. The van der Waals surface area contributed by atoms with Crippen LogP contribution in [0.2, 0.25) is 0 Å². The first-order valence-corrected chi connectivity index (χ1v) is 4.52. The van der Waals surface area contributed by atoms with Crippen LogP contribution in [-0.4, -0.2) is 36.6 Å². The molecule has 0 bridgehead atoms. The lowest BCUT2D eigenvalue weighted by atomic mass is 10.3. The maximum atomic E-state index is 9.07. The monoisotopic (exact) mass is 213 g/mol. The zero-order valence-corrected chi connectivity index (χ0v) is 8.51. The Kier molecular flexibility index (Phi) is 4.20. The second-order valence-corrected chi connectivity index (χ2v) is 3.05. The van der Waals surface area contributed by atoms with Crippen LogP contribution in [0.3, 0.4) is 0 Å². The van der Waals surface area contributed by atoms with Gasteiger partial charge in [-0.25, -0.2) is 0 Å². The Morgan fingerprint density at radius 3 is 2.73 bits per heavy atom. The summed E-state index contributed by atoms with van der Waals surface area (Å²) < 4.78 is 10.2. The number of ether oxygens (including phenoxy) is 2. The highest BCUT2D eigenvalue weighted by Crippen LogP contribution is 2.26. The van der Waals surface area contributed by atoms with E-state index in [0.29, 0.717) is 17.2 Å². The van der Waals surface area contributed by atoms with Crippen LogP contribution in [0.1, 0.15) is 0 Å². The van der Waals surface area contributed by atoms with E-state index in [1.54, 1.807) is 25.3 Å². The molecule has 84 valence electrons. The normalized spacial score (nSPS) is 12.2. The molecule has 0 radical (unpaired) electrons. The fraction of sp³-hybridized carbons (Fsp3) is 0.400. The molecule has 15 heavy (non-hydrogen) atoms. The molecule has 4 N–H and O–H groups in total. The Labute approximate surface area is 88.0 Å². The SMILES string of the molecule is COc1ccc(OCC(O)CO)c(N)c1. The third-order valence-corrected chi connectivity index (χ3v) is 1.86. The van der Waals surface area contributed by atoms with Crippen LogP contribution in [-0.2, 0) is 0 Å². The van der Waals surface area contributed by atoms with Crippen molar-refractivity contribution in [2.75, 3.05) is 26.1 Å². The lowest BCUT2D eigenvalue weighted by Gasteiger charge is -2.12. The van der Waals surface area contributed by atoms with Crippen LogP contribution in [0.5, 0.6) is 11.5 Å². The fourth-order valence-corrected chi connectivity index (χ4v) is 1.02. The Balaban J connectivity index is 2.62. The highest BCUT2D eigenvalue weighted by atomic mass is 16.5. The Bertz CT molecular complexity index is 316. The summed E-state index contributed by atoms with van der Waals surface area (Å²) in [5.74, 6) is 1.10. The first-order chi connectivity index (χ1) is 7.17. The molecule has 0 aliphatic rings. The number of methoxy groups -OCH3 is 1. The maximum Gasteiger partial charge on any atom is 0.142 e. The van der Waals surface area contributed by atoms with Gasteiger partial charge in [0.15, 0.2) is 0 Å². The van der Waals surface area contributed by atoms with Gasteiger partial charge in [0.1, 0.15) is 24.2 Å². The Morgan fingerprint density at radius 2 is 2.20 bits per heavy atom. The van der Waals surface area contributed by atoms with E-state index in [9.17, 15) is 0 Å². The first kappa shape index (κ1) is 11.6. The summed E-state index contributed by atoms with van der Waals surface area (Å²) in [6.07, 6.45) is -0.897. The van der Waals surface area contributed by atoms with Gasteiger partial charge in [-0.05, 0) is 12.1 Å². The number of aliphatic hydroxyl groups excluding tert-OH is 2. The number of nitrogen functional groups attached to an aromatic ring is 1. The quantitative estimate of drug-likeness (QED) is 0.600. The third kappa shape index (κ3) is 3.30. The van der Waals surface area contributed by atoms with E-state index in [2.05, 4.69) is 0 Å². The molecular formula is C10H15NO4. The van der Waals surface area contributed by atoms with Crippen molar-refractivity contribution in [3.8, 4) is 11.5 Å². The molecule has 0 aliphatic carbocycles. The molecule has 1 unspecified atom stereocenters. The van der Waals surface area contributed by atoms with Gasteiger partial charge in [0.25, 0.3) is 0 Å². The largest absolute Gasteiger partial charge is 0.497 e. The zero-order valence-electron chi connectivity index (χ0n) is 8.51. The number of hydrogen-bond acceptors (Lipinski definition) is 5. The van der Waals surface area contributed by atoms with E-state index in [4.69, 9.17) is 25.4 Å². The van der Waals surface area contributed by atoms with E-state index in [1.807, 2.05) is 0 Å². The summed E-state index contributed by atoms with van der Waals surface area (Å²) in [4.78, 5) is 0. The molecule has 0 heterocycles. The van der Waals surface area contributed by atoms with Crippen LogP contribution >= 0.6 is 0 Å². The highest BCUT2D eigenvalue weighted by Gasteiger charge is 2.06. The maximum absolute atomic E-state index is 9.07. The number of nitrogens with two attached hydrogens (primary N) is 1. The fourth-order valence-electron chi connectivity index (χ4n) is 1.02. The summed E-state index contributed by atoms with van der Waals surface area (Å²) in [6.45, 7) is -0.330. The van der Waals surface area contributed by atoms with Gasteiger partial charge >= 0.3 is 0 Å². The number of anilines is 1. The molecular weight excluding hydrogens is 198 g/mol. The molecule has 0 aliphatic heterocycles. The van der Waals surface area contributed by atoms with Crippen LogP contribution in [0.25, 0.3) is 0 Å². The molecule has 0 saturated heterocycles. The lowest BCUT2D eigenvalue weighted by molar-refractivity contribution is 0.0538. The molecule has 1 rings (SSSR count). The minimum Gasteiger partial charge on any atom is -0.497 e. The Morgan fingerprint density at radius 1 is 1.47 bits per heavy atom. The van der Waals surface area contributed by atoms with Crippen molar-refractivity contribution >= 4 is 5.69 Å². The van der Waals surface area contributed by atoms with Crippen molar-refractivity contribution in [2.45, 2.75) is 6.10 Å². The van der Waals surface area contributed by atoms with Crippen LogP contribution < -0.4 is 15.2 Å².